The fraction of sp³-hybridized carbons (Fsp3) is 0.0833. The fourth-order valence-electron chi connectivity index (χ4n) is 1.76. The lowest BCUT2D eigenvalue weighted by molar-refractivity contribution is 0.944. The molecule has 0 saturated heterocycles. The second kappa shape index (κ2) is 5.18. The van der Waals surface area contributed by atoms with Crippen LogP contribution in [-0.4, -0.2) is 19.4 Å². The molecule has 8 heteroatoms. The number of nitrogens with two attached hydrogens (primary N) is 1. The summed E-state index contributed by atoms with van der Waals surface area (Å²) in [5.41, 5.74) is 6.76. The van der Waals surface area contributed by atoms with Gasteiger partial charge in [0.25, 0.3) is 5.56 Å². The van der Waals surface area contributed by atoms with Crippen LogP contribution in [0.2, 0.25) is 5.15 Å². The Labute approximate surface area is 123 Å². The minimum atomic E-state index is -0.277. The molecule has 3 heterocycles. The Kier molecular flexibility index (Phi) is 3.37. The SMILES string of the molecule is Nc1cc(=O)[nH]c(SCc2nc3ccccn3c2Cl)n1. The zero-order valence-corrected chi connectivity index (χ0v) is 11.8. The number of pyridine rings is 1. The van der Waals surface area contributed by atoms with Crippen LogP contribution in [0.25, 0.3) is 5.65 Å². The van der Waals surface area contributed by atoms with Gasteiger partial charge in [-0.25, -0.2) is 9.97 Å². The highest BCUT2D eigenvalue weighted by molar-refractivity contribution is 7.98. The second-order valence-corrected chi connectivity index (χ2v) is 5.36. The molecule has 0 atom stereocenters. The van der Waals surface area contributed by atoms with Crippen LogP contribution in [0, 0.1) is 0 Å². The zero-order valence-electron chi connectivity index (χ0n) is 10.2. The van der Waals surface area contributed by atoms with E-state index >= 15 is 0 Å². The number of nitrogen functional groups attached to an aromatic ring is 1. The first-order valence-corrected chi connectivity index (χ1v) is 7.11. The number of aromatic amines is 1. The topological polar surface area (TPSA) is 89.1 Å². The molecule has 0 aromatic carbocycles. The molecule has 0 spiro atoms. The van der Waals surface area contributed by atoms with Gasteiger partial charge in [-0.2, -0.15) is 0 Å². The first-order valence-electron chi connectivity index (χ1n) is 5.74. The summed E-state index contributed by atoms with van der Waals surface area (Å²) in [5, 5.41) is 1.00. The van der Waals surface area contributed by atoms with Crippen molar-refractivity contribution in [3.05, 3.63) is 51.7 Å². The van der Waals surface area contributed by atoms with E-state index in [-0.39, 0.29) is 11.4 Å². The van der Waals surface area contributed by atoms with E-state index in [0.29, 0.717) is 16.1 Å². The second-order valence-electron chi connectivity index (χ2n) is 4.04. The average Bonchev–Trinajstić information content (AvgIpc) is 2.73. The molecular formula is C12H10ClN5OS. The van der Waals surface area contributed by atoms with Gasteiger partial charge in [0.05, 0.1) is 5.69 Å². The lowest BCUT2D eigenvalue weighted by Crippen LogP contribution is -2.09. The van der Waals surface area contributed by atoms with Gasteiger partial charge in [0.1, 0.15) is 16.6 Å². The lowest BCUT2D eigenvalue weighted by atomic mass is 10.5. The number of anilines is 1. The van der Waals surface area contributed by atoms with Gasteiger partial charge in [-0.3, -0.25) is 9.20 Å². The minimum Gasteiger partial charge on any atom is -0.383 e. The third-order valence-electron chi connectivity index (χ3n) is 2.62. The molecular weight excluding hydrogens is 298 g/mol. The van der Waals surface area contributed by atoms with Gasteiger partial charge in [-0.1, -0.05) is 29.4 Å². The van der Waals surface area contributed by atoms with Crippen molar-refractivity contribution < 1.29 is 0 Å². The van der Waals surface area contributed by atoms with Gasteiger partial charge in [0.15, 0.2) is 5.16 Å². The predicted molar refractivity (Wildman–Crippen MR) is 79.0 cm³/mol. The Morgan fingerprint density at radius 1 is 1.40 bits per heavy atom. The molecule has 0 radical (unpaired) electrons. The quantitative estimate of drug-likeness (QED) is 0.570. The van der Waals surface area contributed by atoms with Gasteiger partial charge in [-0.05, 0) is 12.1 Å². The van der Waals surface area contributed by atoms with Crippen molar-refractivity contribution in [2.24, 2.45) is 0 Å². The maximum atomic E-state index is 11.3. The highest BCUT2D eigenvalue weighted by atomic mass is 35.5. The molecule has 0 saturated carbocycles. The molecule has 0 aliphatic heterocycles. The van der Waals surface area contributed by atoms with Crippen molar-refractivity contribution in [2.75, 3.05) is 5.73 Å². The minimum absolute atomic E-state index is 0.192. The Bertz CT molecular complexity index is 828. The van der Waals surface area contributed by atoms with Gasteiger partial charge in [0.2, 0.25) is 0 Å². The number of fused-ring (bicyclic) bond motifs is 1. The molecule has 20 heavy (non-hydrogen) atoms. The maximum absolute atomic E-state index is 11.3. The summed E-state index contributed by atoms with van der Waals surface area (Å²) >= 11 is 7.58. The number of rotatable bonds is 3. The van der Waals surface area contributed by atoms with Crippen molar-refractivity contribution >= 4 is 34.8 Å². The Morgan fingerprint density at radius 3 is 3.00 bits per heavy atom. The van der Waals surface area contributed by atoms with Gasteiger partial charge in [-0.15, -0.1) is 0 Å². The Morgan fingerprint density at radius 2 is 2.25 bits per heavy atom. The fourth-order valence-corrected chi connectivity index (χ4v) is 2.91. The normalized spacial score (nSPS) is 11.1. The van der Waals surface area contributed by atoms with Crippen LogP contribution >= 0.6 is 23.4 Å². The van der Waals surface area contributed by atoms with E-state index in [4.69, 9.17) is 17.3 Å². The molecule has 3 aromatic heterocycles. The number of aromatic nitrogens is 4. The summed E-state index contributed by atoms with van der Waals surface area (Å²) < 4.78 is 1.80. The van der Waals surface area contributed by atoms with Crippen molar-refractivity contribution in [1.82, 2.24) is 19.4 Å². The monoisotopic (exact) mass is 307 g/mol. The Hall–Kier alpha value is -1.99. The van der Waals surface area contributed by atoms with Crippen LogP contribution in [0.5, 0.6) is 0 Å². The van der Waals surface area contributed by atoms with Crippen molar-refractivity contribution in [2.45, 2.75) is 10.9 Å². The smallest absolute Gasteiger partial charge is 0.253 e. The van der Waals surface area contributed by atoms with Crippen LogP contribution in [0.4, 0.5) is 5.82 Å². The van der Waals surface area contributed by atoms with Gasteiger partial charge < -0.3 is 10.7 Å². The average molecular weight is 308 g/mol. The standard InChI is InChI=1S/C12H10ClN5OS/c13-11-7(15-9-3-1-2-4-18(9)11)6-20-12-16-8(14)5-10(19)17-12/h1-5H,6H2,(H3,14,16,17,19). The summed E-state index contributed by atoms with van der Waals surface area (Å²) in [7, 11) is 0. The van der Waals surface area contributed by atoms with E-state index in [0.717, 1.165) is 11.3 Å². The lowest BCUT2D eigenvalue weighted by Gasteiger charge is -2.00. The van der Waals surface area contributed by atoms with Crippen LogP contribution in [0.3, 0.4) is 0 Å². The zero-order chi connectivity index (χ0) is 14.1. The number of nitrogens with one attached hydrogen (secondary N) is 1. The molecule has 0 fully saturated rings. The Balaban J connectivity index is 1.86. The predicted octanol–water partition coefficient (Wildman–Crippen LogP) is 1.95. The van der Waals surface area contributed by atoms with Gasteiger partial charge >= 0.3 is 0 Å². The molecule has 6 nitrogen and oxygen atoms in total. The molecule has 0 amide bonds. The third-order valence-corrected chi connectivity index (χ3v) is 3.91. The summed E-state index contributed by atoms with van der Waals surface area (Å²) in [6.45, 7) is 0. The van der Waals surface area contributed by atoms with Crippen LogP contribution < -0.4 is 11.3 Å². The van der Waals surface area contributed by atoms with E-state index in [1.807, 2.05) is 24.4 Å². The summed E-state index contributed by atoms with van der Waals surface area (Å²) in [6, 6.07) is 6.89. The maximum Gasteiger partial charge on any atom is 0.253 e. The first kappa shape index (κ1) is 13.0. The number of halogens is 1. The van der Waals surface area contributed by atoms with E-state index in [1.54, 1.807) is 4.40 Å². The molecule has 102 valence electrons. The molecule has 3 N–H and O–H groups in total. The summed E-state index contributed by atoms with van der Waals surface area (Å²) in [4.78, 5) is 22.4. The van der Waals surface area contributed by atoms with Crippen LogP contribution in [0.15, 0.2) is 40.4 Å². The molecule has 0 aliphatic carbocycles. The number of hydrogen-bond acceptors (Lipinski definition) is 5. The highest BCUT2D eigenvalue weighted by Gasteiger charge is 2.10. The molecule has 3 aromatic rings. The van der Waals surface area contributed by atoms with Crippen molar-refractivity contribution in [3.8, 4) is 0 Å². The van der Waals surface area contributed by atoms with E-state index < -0.39 is 0 Å². The molecule has 0 bridgehead atoms. The number of thioether (sulfide) groups is 1. The van der Waals surface area contributed by atoms with Crippen LogP contribution in [0.1, 0.15) is 5.69 Å². The van der Waals surface area contributed by atoms with Gasteiger partial charge in [0, 0.05) is 18.0 Å². The summed E-state index contributed by atoms with van der Waals surface area (Å²) in [6.07, 6.45) is 1.85. The van der Waals surface area contributed by atoms with E-state index in [1.165, 1.54) is 17.8 Å². The summed E-state index contributed by atoms with van der Waals surface area (Å²) in [5.74, 6) is 0.685. The highest BCUT2D eigenvalue weighted by Crippen LogP contribution is 2.25. The van der Waals surface area contributed by atoms with Crippen molar-refractivity contribution in [3.63, 3.8) is 0 Å². The number of hydrogen-bond donors (Lipinski definition) is 2. The number of nitrogens with zero attached hydrogens (tertiary/aromatic N) is 3. The number of imidazole rings is 1. The molecule has 0 unspecified atom stereocenters. The van der Waals surface area contributed by atoms with Crippen molar-refractivity contribution in [1.29, 1.82) is 0 Å². The van der Waals surface area contributed by atoms with E-state index in [2.05, 4.69) is 15.0 Å². The largest absolute Gasteiger partial charge is 0.383 e. The number of H-pyrrole nitrogens is 1. The first-order chi connectivity index (χ1) is 9.63. The third kappa shape index (κ3) is 2.50. The molecule has 3 rings (SSSR count). The van der Waals surface area contributed by atoms with Crippen LogP contribution in [-0.2, 0) is 5.75 Å². The molecule has 0 aliphatic rings. The van der Waals surface area contributed by atoms with E-state index in [9.17, 15) is 4.79 Å².